The van der Waals surface area contributed by atoms with Gasteiger partial charge in [-0.1, -0.05) is 18.2 Å². The molecule has 0 aliphatic carbocycles. The van der Waals surface area contributed by atoms with Crippen LogP contribution in [0.2, 0.25) is 0 Å². The molecule has 0 spiro atoms. The number of para-hydroxylation sites is 1. The van der Waals surface area contributed by atoms with Crippen molar-refractivity contribution in [3.63, 3.8) is 0 Å². The zero-order valence-corrected chi connectivity index (χ0v) is 11.6. The largest absolute Gasteiger partial charge is 0.480 e. The van der Waals surface area contributed by atoms with E-state index in [2.05, 4.69) is 0 Å². The zero-order chi connectivity index (χ0) is 16.2. The van der Waals surface area contributed by atoms with Gasteiger partial charge in [0.2, 0.25) is 0 Å². The molecule has 9 nitrogen and oxygen atoms in total. The standard InChI is InChI=1S/C11H15N3O6S/c12-8(10(15)16)6-9(11(17)18)21(19,20)14(13)7-4-2-1-3-5-7/h1-5,8-9H,6,12-13H2,(H,15,16)(H,17,18)/t8-,9?/m0/s1. The van der Waals surface area contributed by atoms with Gasteiger partial charge in [0.1, 0.15) is 6.04 Å². The summed E-state index contributed by atoms with van der Waals surface area (Å²) in [6.45, 7) is 0. The van der Waals surface area contributed by atoms with E-state index in [1.807, 2.05) is 0 Å². The first-order valence-electron chi connectivity index (χ1n) is 5.73. The van der Waals surface area contributed by atoms with Crippen molar-refractivity contribution >= 4 is 27.6 Å². The summed E-state index contributed by atoms with van der Waals surface area (Å²) < 4.78 is 24.7. The summed E-state index contributed by atoms with van der Waals surface area (Å²) in [6.07, 6.45) is -0.798. The van der Waals surface area contributed by atoms with Crippen LogP contribution in [0, 0.1) is 0 Å². The van der Waals surface area contributed by atoms with Crippen LogP contribution in [0.4, 0.5) is 5.69 Å². The lowest BCUT2D eigenvalue weighted by Gasteiger charge is -2.23. The van der Waals surface area contributed by atoms with Crippen LogP contribution in [0.1, 0.15) is 6.42 Å². The number of nitrogens with two attached hydrogens (primary N) is 2. The van der Waals surface area contributed by atoms with Gasteiger partial charge < -0.3 is 15.9 Å². The maximum absolute atomic E-state index is 12.2. The fourth-order valence-corrected chi connectivity index (χ4v) is 2.94. The molecule has 0 fully saturated rings. The number of aliphatic carboxylic acids is 2. The maximum atomic E-state index is 12.2. The molecule has 0 aliphatic heterocycles. The monoisotopic (exact) mass is 317 g/mol. The van der Waals surface area contributed by atoms with Gasteiger partial charge in [-0.05, 0) is 12.1 Å². The summed E-state index contributed by atoms with van der Waals surface area (Å²) in [6, 6.07) is 5.76. The van der Waals surface area contributed by atoms with Crippen LogP contribution in [-0.4, -0.2) is 41.9 Å². The second kappa shape index (κ2) is 6.52. The van der Waals surface area contributed by atoms with Gasteiger partial charge in [-0.2, -0.15) is 0 Å². The van der Waals surface area contributed by atoms with E-state index in [-0.39, 0.29) is 5.69 Å². The van der Waals surface area contributed by atoms with Crippen LogP contribution in [0.3, 0.4) is 0 Å². The summed E-state index contributed by atoms with van der Waals surface area (Å²) in [5.41, 5.74) is 5.25. The number of hydrazine groups is 1. The Kier molecular flexibility index (Phi) is 5.24. The van der Waals surface area contributed by atoms with Crippen molar-refractivity contribution in [3.8, 4) is 0 Å². The number of carboxylic acid groups (broad SMARTS) is 2. The number of hydrogen-bond donors (Lipinski definition) is 4. The Morgan fingerprint density at radius 3 is 2.10 bits per heavy atom. The molecule has 0 aliphatic rings. The van der Waals surface area contributed by atoms with Gasteiger partial charge in [-0.3, -0.25) is 9.59 Å². The Morgan fingerprint density at radius 2 is 1.67 bits per heavy atom. The lowest BCUT2D eigenvalue weighted by Crippen LogP contribution is -2.49. The number of anilines is 1. The van der Waals surface area contributed by atoms with Crippen LogP contribution in [0.15, 0.2) is 30.3 Å². The molecule has 1 unspecified atom stereocenters. The number of sulfonamides is 1. The van der Waals surface area contributed by atoms with Gasteiger partial charge in [0, 0.05) is 6.42 Å². The molecule has 0 radical (unpaired) electrons. The molecule has 1 aromatic carbocycles. The van der Waals surface area contributed by atoms with E-state index < -0.39 is 39.7 Å². The first-order valence-corrected chi connectivity index (χ1v) is 7.23. The minimum absolute atomic E-state index is 0.0487. The molecule has 10 heteroatoms. The number of carboxylic acids is 2. The van der Waals surface area contributed by atoms with E-state index in [4.69, 9.17) is 21.8 Å². The van der Waals surface area contributed by atoms with Crippen molar-refractivity contribution in [2.45, 2.75) is 17.7 Å². The van der Waals surface area contributed by atoms with E-state index in [9.17, 15) is 18.0 Å². The van der Waals surface area contributed by atoms with Crippen molar-refractivity contribution in [3.05, 3.63) is 30.3 Å². The topological polar surface area (TPSA) is 164 Å². The predicted octanol–water partition coefficient (Wildman–Crippen LogP) is -1.05. The molecule has 0 heterocycles. The first-order chi connectivity index (χ1) is 9.67. The van der Waals surface area contributed by atoms with E-state index >= 15 is 0 Å². The Balaban J connectivity index is 3.11. The minimum atomic E-state index is -4.51. The fourth-order valence-electron chi connectivity index (χ4n) is 1.54. The highest BCUT2D eigenvalue weighted by Crippen LogP contribution is 2.19. The summed E-state index contributed by atoms with van der Waals surface area (Å²) in [7, 11) is -4.51. The van der Waals surface area contributed by atoms with Crippen molar-refractivity contribution < 1.29 is 28.2 Å². The summed E-state index contributed by atoms with van der Waals surface area (Å²) in [4.78, 5) is 21.8. The van der Waals surface area contributed by atoms with Gasteiger partial charge >= 0.3 is 11.9 Å². The quantitative estimate of drug-likeness (QED) is 0.365. The molecule has 0 aromatic heterocycles. The molecular weight excluding hydrogens is 302 g/mol. The normalized spacial score (nSPS) is 14.2. The smallest absolute Gasteiger partial charge is 0.323 e. The maximum Gasteiger partial charge on any atom is 0.323 e. The molecule has 0 bridgehead atoms. The molecule has 6 N–H and O–H groups in total. The van der Waals surface area contributed by atoms with Crippen LogP contribution in [0.25, 0.3) is 0 Å². The van der Waals surface area contributed by atoms with E-state index in [0.29, 0.717) is 4.41 Å². The Hall–Kier alpha value is -2.17. The summed E-state index contributed by atoms with van der Waals surface area (Å²) >= 11 is 0. The molecule has 1 rings (SSSR count). The van der Waals surface area contributed by atoms with Crippen molar-refractivity contribution in [1.29, 1.82) is 0 Å². The minimum Gasteiger partial charge on any atom is -0.480 e. The lowest BCUT2D eigenvalue weighted by molar-refractivity contribution is -0.139. The van der Waals surface area contributed by atoms with E-state index in [0.717, 1.165) is 0 Å². The van der Waals surface area contributed by atoms with Gasteiger partial charge in [0.25, 0.3) is 10.0 Å². The van der Waals surface area contributed by atoms with Gasteiger partial charge in [0.15, 0.2) is 5.25 Å². The second-order valence-electron chi connectivity index (χ2n) is 4.18. The average Bonchev–Trinajstić information content (AvgIpc) is 2.43. The highest BCUT2D eigenvalue weighted by molar-refractivity contribution is 7.94. The Morgan fingerprint density at radius 1 is 1.14 bits per heavy atom. The van der Waals surface area contributed by atoms with Crippen LogP contribution >= 0.6 is 0 Å². The SMILES string of the molecule is N[C@@H](CC(C(=O)O)S(=O)(=O)N(N)c1ccccc1)C(=O)O. The second-order valence-corrected chi connectivity index (χ2v) is 6.18. The highest BCUT2D eigenvalue weighted by Gasteiger charge is 2.39. The molecule has 0 amide bonds. The zero-order valence-electron chi connectivity index (χ0n) is 10.8. The molecule has 0 saturated carbocycles. The fraction of sp³-hybridized carbons (Fsp3) is 0.273. The van der Waals surface area contributed by atoms with Crippen LogP contribution < -0.4 is 16.0 Å². The Labute approximate surface area is 120 Å². The van der Waals surface area contributed by atoms with Crippen molar-refractivity contribution in [2.75, 3.05) is 4.41 Å². The van der Waals surface area contributed by atoms with Gasteiger partial charge in [-0.25, -0.2) is 18.7 Å². The van der Waals surface area contributed by atoms with E-state index in [1.165, 1.54) is 24.3 Å². The molecule has 2 atom stereocenters. The van der Waals surface area contributed by atoms with Gasteiger partial charge in [0.05, 0.1) is 5.69 Å². The lowest BCUT2D eigenvalue weighted by atomic mass is 10.2. The third-order valence-corrected chi connectivity index (χ3v) is 4.58. The average molecular weight is 317 g/mol. The first kappa shape index (κ1) is 16.9. The van der Waals surface area contributed by atoms with E-state index in [1.54, 1.807) is 6.07 Å². The molecule has 1 aromatic rings. The summed E-state index contributed by atoms with van der Waals surface area (Å²) in [5.74, 6) is 2.23. The van der Waals surface area contributed by atoms with Crippen LogP contribution in [-0.2, 0) is 19.6 Å². The highest BCUT2D eigenvalue weighted by atomic mass is 32.2. The third-order valence-electron chi connectivity index (χ3n) is 2.71. The van der Waals surface area contributed by atoms with Crippen molar-refractivity contribution in [1.82, 2.24) is 0 Å². The number of hydrogen-bond acceptors (Lipinski definition) is 6. The molecular formula is C11H15N3O6S. The molecule has 0 saturated heterocycles. The number of rotatable bonds is 7. The van der Waals surface area contributed by atoms with Crippen molar-refractivity contribution in [2.24, 2.45) is 11.6 Å². The molecule has 21 heavy (non-hydrogen) atoms. The summed E-state index contributed by atoms with van der Waals surface area (Å²) in [5, 5.41) is 15.6. The van der Waals surface area contributed by atoms with Gasteiger partial charge in [-0.15, -0.1) is 0 Å². The predicted molar refractivity (Wildman–Crippen MR) is 73.7 cm³/mol. The number of nitrogens with zero attached hydrogens (tertiary/aromatic N) is 1. The van der Waals surface area contributed by atoms with Crippen LogP contribution in [0.5, 0.6) is 0 Å². The molecule has 116 valence electrons. The third kappa shape index (κ3) is 3.90. The number of carbonyl (C=O) groups is 2. The Bertz CT molecular complexity index is 618. The number of benzene rings is 1.